The van der Waals surface area contributed by atoms with Crippen LogP contribution >= 0.6 is 0 Å². The van der Waals surface area contributed by atoms with Gasteiger partial charge < -0.3 is 0 Å². The van der Waals surface area contributed by atoms with E-state index in [1.807, 2.05) is 24.3 Å². The van der Waals surface area contributed by atoms with E-state index in [0.717, 1.165) is 0 Å². The number of anilines is 1. The SMILES string of the molecule is O=C(C(=NNc1ccc([N+](=O)[O-])cc1)c1ccccc1)c1ccccc1. The first-order chi connectivity index (χ1) is 12.6. The van der Waals surface area contributed by atoms with Gasteiger partial charge in [-0.3, -0.25) is 20.3 Å². The molecule has 0 aliphatic heterocycles. The number of ketones is 1. The highest BCUT2D eigenvalue weighted by Crippen LogP contribution is 2.16. The summed E-state index contributed by atoms with van der Waals surface area (Å²) in [5.41, 5.74) is 4.80. The summed E-state index contributed by atoms with van der Waals surface area (Å²) in [7, 11) is 0. The van der Waals surface area contributed by atoms with Crippen molar-refractivity contribution < 1.29 is 9.72 Å². The molecule has 6 heteroatoms. The summed E-state index contributed by atoms with van der Waals surface area (Å²) < 4.78 is 0. The number of hydrazone groups is 1. The number of hydrogen-bond donors (Lipinski definition) is 1. The van der Waals surface area contributed by atoms with Crippen molar-refractivity contribution in [3.8, 4) is 0 Å². The number of nitrogens with zero attached hydrogens (tertiary/aromatic N) is 2. The van der Waals surface area contributed by atoms with Crippen molar-refractivity contribution in [3.05, 3.63) is 106 Å². The molecule has 0 unspecified atom stereocenters. The second-order valence-corrected chi connectivity index (χ2v) is 5.44. The monoisotopic (exact) mass is 345 g/mol. The molecule has 3 rings (SSSR count). The number of benzene rings is 3. The Morgan fingerprint density at radius 1 is 0.808 bits per heavy atom. The summed E-state index contributed by atoms with van der Waals surface area (Å²) >= 11 is 0. The maximum atomic E-state index is 12.8. The Kier molecular flexibility index (Phi) is 5.14. The van der Waals surface area contributed by atoms with E-state index in [9.17, 15) is 14.9 Å². The lowest BCUT2D eigenvalue weighted by Crippen LogP contribution is -2.17. The highest BCUT2D eigenvalue weighted by Gasteiger charge is 2.16. The van der Waals surface area contributed by atoms with Crippen LogP contribution in [0.1, 0.15) is 15.9 Å². The minimum absolute atomic E-state index is 0.0109. The molecule has 0 aromatic heterocycles. The molecule has 0 fully saturated rings. The van der Waals surface area contributed by atoms with Gasteiger partial charge in [0.05, 0.1) is 10.6 Å². The minimum atomic E-state index is -0.471. The van der Waals surface area contributed by atoms with Gasteiger partial charge in [0, 0.05) is 23.3 Å². The van der Waals surface area contributed by atoms with Crippen molar-refractivity contribution >= 4 is 22.9 Å². The normalized spacial score (nSPS) is 11.0. The second-order valence-electron chi connectivity index (χ2n) is 5.44. The van der Waals surface area contributed by atoms with Crippen LogP contribution < -0.4 is 5.43 Å². The third-order valence-corrected chi connectivity index (χ3v) is 3.67. The Bertz CT molecular complexity index is 937. The molecule has 26 heavy (non-hydrogen) atoms. The average molecular weight is 345 g/mol. The first kappa shape index (κ1) is 17.0. The highest BCUT2D eigenvalue weighted by atomic mass is 16.6. The lowest BCUT2D eigenvalue weighted by atomic mass is 10.0. The molecule has 0 spiro atoms. The van der Waals surface area contributed by atoms with Crippen LogP contribution in [-0.2, 0) is 0 Å². The van der Waals surface area contributed by atoms with Crippen LogP contribution in [0.2, 0.25) is 0 Å². The van der Waals surface area contributed by atoms with Crippen molar-refractivity contribution in [2.24, 2.45) is 5.10 Å². The molecular weight excluding hydrogens is 330 g/mol. The predicted molar refractivity (Wildman–Crippen MR) is 100 cm³/mol. The van der Waals surface area contributed by atoms with E-state index in [4.69, 9.17) is 0 Å². The summed E-state index contributed by atoms with van der Waals surface area (Å²) in [6.45, 7) is 0. The van der Waals surface area contributed by atoms with Gasteiger partial charge in [-0.2, -0.15) is 5.10 Å². The van der Waals surface area contributed by atoms with Crippen LogP contribution in [0, 0.1) is 10.1 Å². The van der Waals surface area contributed by atoms with Crippen molar-refractivity contribution in [3.63, 3.8) is 0 Å². The molecule has 1 N–H and O–H groups in total. The van der Waals surface area contributed by atoms with Crippen LogP contribution in [0.15, 0.2) is 90.0 Å². The molecule has 0 heterocycles. The van der Waals surface area contributed by atoms with Gasteiger partial charge >= 0.3 is 0 Å². The minimum Gasteiger partial charge on any atom is -0.287 e. The molecule has 0 aliphatic rings. The maximum Gasteiger partial charge on any atom is 0.269 e. The van der Waals surface area contributed by atoms with Gasteiger partial charge in [0.2, 0.25) is 5.78 Å². The zero-order valence-corrected chi connectivity index (χ0v) is 13.7. The van der Waals surface area contributed by atoms with Crippen LogP contribution in [0.3, 0.4) is 0 Å². The summed E-state index contributed by atoms with van der Waals surface area (Å²) in [6, 6.07) is 23.8. The Balaban J connectivity index is 1.91. The van der Waals surface area contributed by atoms with Gasteiger partial charge in [-0.25, -0.2) is 0 Å². The van der Waals surface area contributed by atoms with Crippen LogP contribution in [0.25, 0.3) is 0 Å². The van der Waals surface area contributed by atoms with Gasteiger partial charge in [-0.15, -0.1) is 0 Å². The fraction of sp³-hybridized carbons (Fsp3) is 0. The Hall–Kier alpha value is -3.80. The summed E-state index contributed by atoms with van der Waals surface area (Å²) in [4.78, 5) is 23.1. The molecule has 0 amide bonds. The number of carbonyl (C=O) groups excluding carboxylic acids is 1. The molecule has 0 bridgehead atoms. The van der Waals surface area contributed by atoms with E-state index < -0.39 is 4.92 Å². The Labute approximate surface area is 150 Å². The molecule has 3 aromatic carbocycles. The molecule has 0 saturated carbocycles. The van der Waals surface area contributed by atoms with Crippen LogP contribution in [0.5, 0.6) is 0 Å². The van der Waals surface area contributed by atoms with Crippen molar-refractivity contribution in [1.82, 2.24) is 0 Å². The number of Topliss-reactive ketones (excluding diaryl/α,β-unsaturated/α-hetero) is 1. The van der Waals surface area contributed by atoms with Gasteiger partial charge in [0.1, 0.15) is 5.71 Å². The number of nitro benzene ring substituents is 1. The summed E-state index contributed by atoms with van der Waals surface area (Å²) in [6.07, 6.45) is 0. The Morgan fingerprint density at radius 3 is 1.88 bits per heavy atom. The van der Waals surface area contributed by atoms with E-state index in [-0.39, 0.29) is 17.2 Å². The smallest absolute Gasteiger partial charge is 0.269 e. The van der Waals surface area contributed by atoms with Crippen molar-refractivity contribution in [2.75, 3.05) is 5.43 Å². The van der Waals surface area contributed by atoms with Crippen LogP contribution in [0.4, 0.5) is 11.4 Å². The van der Waals surface area contributed by atoms with E-state index >= 15 is 0 Å². The van der Waals surface area contributed by atoms with E-state index in [0.29, 0.717) is 16.8 Å². The Morgan fingerprint density at radius 2 is 1.35 bits per heavy atom. The number of non-ortho nitro benzene ring substituents is 1. The van der Waals surface area contributed by atoms with Gasteiger partial charge in [0.25, 0.3) is 5.69 Å². The molecule has 6 nitrogen and oxygen atoms in total. The quantitative estimate of drug-likeness (QED) is 0.312. The topological polar surface area (TPSA) is 84.6 Å². The van der Waals surface area contributed by atoms with Gasteiger partial charge in [-0.1, -0.05) is 60.7 Å². The third kappa shape index (κ3) is 3.99. The van der Waals surface area contributed by atoms with E-state index in [1.165, 1.54) is 24.3 Å². The zero-order valence-electron chi connectivity index (χ0n) is 13.7. The lowest BCUT2D eigenvalue weighted by Gasteiger charge is -2.07. The van der Waals surface area contributed by atoms with Crippen LogP contribution in [-0.4, -0.2) is 16.4 Å². The van der Waals surface area contributed by atoms with Gasteiger partial charge in [0.15, 0.2) is 0 Å². The molecule has 0 radical (unpaired) electrons. The largest absolute Gasteiger partial charge is 0.287 e. The van der Waals surface area contributed by atoms with E-state index in [1.54, 1.807) is 36.4 Å². The van der Waals surface area contributed by atoms with E-state index in [2.05, 4.69) is 10.5 Å². The summed E-state index contributed by atoms with van der Waals surface area (Å²) in [5, 5.41) is 15.0. The number of carbonyl (C=O) groups is 1. The number of rotatable bonds is 6. The molecule has 0 saturated heterocycles. The predicted octanol–water partition coefficient (Wildman–Crippen LogP) is 4.29. The van der Waals surface area contributed by atoms with Crippen molar-refractivity contribution in [2.45, 2.75) is 0 Å². The molecule has 0 aliphatic carbocycles. The zero-order chi connectivity index (χ0) is 18.4. The fourth-order valence-corrected chi connectivity index (χ4v) is 2.35. The third-order valence-electron chi connectivity index (χ3n) is 3.67. The highest BCUT2D eigenvalue weighted by molar-refractivity contribution is 6.51. The second kappa shape index (κ2) is 7.85. The standard InChI is InChI=1S/C20H15N3O3/c24-20(16-9-5-2-6-10-16)19(15-7-3-1-4-8-15)22-21-17-11-13-18(14-12-17)23(25)26/h1-14,21H. The number of nitrogens with one attached hydrogen (secondary N) is 1. The molecule has 3 aromatic rings. The molecular formula is C20H15N3O3. The fourth-order valence-electron chi connectivity index (χ4n) is 2.35. The first-order valence-corrected chi connectivity index (χ1v) is 7.88. The lowest BCUT2D eigenvalue weighted by molar-refractivity contribution is -0.384. The van der Waals surface area contributed by atoms with Gasteiger partial charge in [-0.05, 0) is 12.1 Å². The molecule has 0 atom stereocenters. The number of hydrogen-bond acceptors (Lipinski definition) is 5. The molecule has 128 valence electrons. The summed E-state index contributed by atoms with van der Waals surface area (Å²) in [5.74, 6) is -0.216. The maximum absolute atomic E-state index is 12.8. The van der Waals surface area contributed by atoms with Crippen molar-refractivity contribution in [1.29, 1.82) is 0 Å². The first-order valence-electron chi connectivity index (χ1n) is 7.88. The number of nitro groups is 1. The average Bonchev–Trinajstić information content (AvgIpc) is 2.70.